The van der Waals surface area contributed by atoms with Gasteiger partial charge in [-0.2, -0.15) is 0 Å². The van der Waals surface area contributed by atoms with Crippen LogP contribution in [0.5, 0.6) is 0 Å². The molecule has 2 N–H and O–H groups in total. The van der Waals surface area contributed by atoms with Crippen LogP contribution in [0.1, 0.15) is 12.0 Å². The summed E-state index contributed by atoms with van der Waals surface area (Å²) < 4.78 is 0. The molecule has 0 aromatic heterocycles. The first-order valence-electron chi connectivity index (χ1n) is 8.07. The lowest BCUT2D eigenvalue weighted by atomic mass is 10.0. The zero-order chi connectivity index (χ0) is 16.1. The molecule has 1 aliphatic heterocycles. The van der Waals surface area contributed by atoms with Crippen molar-refractivity contribution in [1.82, 2.24) is 10.2 Å². The third-order valence-electron chi connectivity index (χ3n) is 4.34. The van der Waals surface area contributed by atoms with Gasteiger partial charge >= 0.3 is 6.03 Å². The Hall–Kier alpha value is -2.33. The van der Waals surface area contributed by atoms with Gasteiger partial charge in [0.15, 0.2) is 0 Å². The maximum Gasteiger partial charge on any atom is 0.317 e. The quantitative estimate of drug-likeness (QED) is 0.892. The number of carbonyl (C=O) groups excluding carboxylic acids is 1. The minimum absolute atomic E-state index is 0.00333. The molecule has 3 rings (SSSR count). The van der Waals surface area contributed by atoms with Crippen molar-refractivity contribution >= 4 is 6.03 Å². The smallest absolute Gasteiger partial charge is 0.317 e. The number of amides is 2. The molecule has 2 aromatic carbocycles. The summed E-state index contributed by atoms with van der Waals surface area (Å²) in [6.45, 7) is 1.39. The molecule has 4 heteroatoms. The molecule has 0 bridgehead atoms. The minimum atomic E-state index is -0.0745. The summed E-state index contributed by atoms with van der Waals surface area (Å²) in [4.78, 5) is 13.7. The number of nitrogens with zero attached hydrogens (tertiary/aromatic N) is 1. The topological polar surface area (TPSA) is 52.6 Å². The fourth-order valence-corrected chi connectivity index (χ4v) is 2.85. The summed E-state index contributed by atoms with van der Waals surface area (Å²) in [7, 11) is 0. The van der Waals surface area contributed by atoms with Gasteiger partial charge in [-0.05, 0) is 29.5 Å². The average molecular weight is 310 g/mol. The zero-order valence-corrected chi connectivity index (χ0v) is 13.1. The molecule has 1 saturated heterocycles. The fourth-order valence-electron chi connectivity index (χ4n) is 2.85. The van der Waals surface area contributed by atoms with Crippen molar-refractivity contribution in [2.45, 2.75) is 18.9 Å². The predicted molar refractivity (Wildman–Crippen MR) is 91.2 cm³/mol. The minimum Gasteiger partial charge on any atom is -0.394 e. The van der Waals surface area contributed by atoms with E-state index in [9.17, 15) is 4.79 Å². The Morgan fingerprint density at radius 1 is 1.13 bits per heavy atom. The maximum atomic E-state index is 12.0. The van der Waals surface area contributed by atoms with Gasteiger partial charge in [0.2, 0.25) is 0 Å². The van der Waals surface area contributed by atoms with Crippen molar-refractivity contribution in [2.24, 2.45) is 0 Å². The molecule has 120 valence electrons. The highest BCUT2D eigenvalue weighted by molar-refractivity contribution is 5.75. The fraction of sp³-hybridized carbons (Fsp3) is 0.316. The molecule has 4 nitrogen and oxygen atoms in total. The number of hydrogen-bond acceptors (Lipinski definition) is 2. The molecule has 1 aliphatic rings. The zero-order valence-electron chi connectivity index (χ0n) is 13.1. The molecular formula is C19H22N2O2. The summed E-state index contributed by atoms with van der Waals surface area (Å²) in [6.07, 6.45) is 1.69. The van der Waals surface area contributed by atoms with E-state index in [1.54, 1.807) is 4.90 Å². The second kappa shape index (κ2) is 7.29. The predicted octanol–water partition coefficient (Wildman–Crippen LogP) is 2.67. The average Bonchev–Trinajstić information content (AvgIpc) is 2.55. The van der Waals surface area contributed by atoms with E-state index < -0.39 is 0 Å². The lowest BCUT2D eigenvalue weighted by Gasteiger charge is -2.39. The molecule has 0 spiro atoms. The molecule has 0 aliphatic carbocycles. The first-order valence-corrected chi connectivity index (χ1v) is 8.07. The number of rotatable bonds is 5. The van der Waals surface area contributed by atoms with Crippen LogP contribution in [0.25, 0.3) is 11.1 Å². The van der Waals surface area contributed by atoms with Crippen LogP contribution in [0, 0.1) is 0 Å². The van der Waals surface area contributed by atoms with Crippen molar-refractivity contribution in [2.75, 3.05) is 19.7 Å². The van der Waals surface area contributed by atoms with Gasteiger partial charge in [0.05, 0.1) is 12.6 Å². The lowest BCUT2D eigenvalue weighted by Crippen LogP contribution is -2.56. The van der Waals surface area contributed by atoms with E-state index >= 15 is 0 Å². The summed E-state index contributed by atoms with van der Waals surface area (Å²) in [5.41, 5.74) is 3.59. The lowest BCUT2D eigenvalue weighted by molar-refractivity contribution is 0.0704. The number of likely N-dealkylation sites (tertiary alicyclic amines) is 1. The molecule has 23 heavy (non-hydrogen) atoms. The van der Waals surface area contributed by atoms with Gasteiger partial charge < -0.3 is 15.3 Å². The summed E-state index contributed by atoms with van der Waals surface area (Å²) in [5, 5.41) is 12.1. The Kier molecular flexibility index (Phi) is 4.93. The normalized spacial score (nSPS) is 16.7. The van der Waals surface area contributed by atoms with Gasteiger partial charge in [0.1, 0.15) is 0 Å². The Balaban J connectivity index is 1.54. The summed E-state index contributed by atoms with van der Waals surface area (Å²) in [6, 6.07) is 18.6. The first-order chi connectivity index (χ1) is 11.3. The van der Waals surface area contributed by atoms with Crippen molar-refractivity contribution in [3.05, 3.63) is 60.2 Å². The van der Waals surface area contributed by atoms with E-state index in [4.69, 9.17) is 5.11 Å². The SMILES string of the molecule is O=C(NCCc1cccc(-c2ccccc2)c1)N1CCC1CO. The van der Waals surface area contributed by atoms with E-state index in [1.165, 1.54) is 16.7 Å². The standard InChI is InChI=1S/C19H22N2O2/c22-14-18-10-12-21(18)19(23)20-11-9-15-5-4-8-17(13-15)16-6-2-1-3-7-16/h1-8,13,18,22H,9-12,14H2,(H,20,23). The van der Waals surface area contributed by atoms with E-state index in [1.807, 2.05) is 18.2 Å². The van der Waals surface area contributed by atoms with Gasteiger partial charge in [-0.3, -0.25) is 0 Å². The molecule has 2 aromatic rings. The Bertz CT molecular complexity index is 655. The Morgan fingerprint density at radius 3 is 2.61 bits per heavy atom. The van der Waals surface area contributed by atoms with Crippen LogP contribution < -0.4 is 5.32 Å². The number of benzene rings is 2. The van der Waals surface area contributed by atoms with Crippen LogP contribution in [0.4, 0.5) is 4.79 Å². The molecule has 1 unspecified atom stereocenters. The number of aliphatic hydroxyl groups is 1. The molecule has 1 atom stereocenters. The van der Waals surface area contributed by atoms with Gasteiger partial charge in [-0.25, -0.2) is 4.79 Å². The van der Waals surface area contributed by atoms with E-state index in [2.05, 4.69) is 41.7 Å². The second-order valence-electron chi connectivity index (χ2n) is 5.87. The van der Waals surface area contributed by atoms with Gasteiger partial charge in [0.25, 0.3) is 0 Å². The highest BCUT2D eigenvalue weighted by atomic mass is 16.3. The molecule has 1 heterocycles. The van der Waals surface area contributed by atoms with Crippen molar-refractivity contribution in [1.29, 1.82) is 0 Å². The Morgan fingerprint density at radius 2 is 1.91 bits per heavy atom. The van der Waals surface area contributed by atoms with Crippen LogP contribution in [-0.4, -0.2) is 41.8 Å². The van der Waals surface area contributed by atoms with E-state index in [-0.39, 0.29) is 18.7 Å². The number of carbonyl (C=O) groups is 1. The van der Waals surface area contributed by atoms with Crippen LogP contribution in [-0.2, 0) is 6.42 Å². The molecule has 0 saturated carbocycles. The van der Waals surface area contributed by atoms with Crippen LogP contribution in [0.2, 0.25) is 0 Å². The first kappa shape index (κ1) is 15.6. The molecular weight excluding hydrogens is 288 g/mol. The van der Waals surface area contributed by atoms with E-state index in [0.717, 1.165) is 19.4 Å². The van der Waals surface area contributed by atoms with Gasteiger partial charge in [-0.1, -0.05) is 54.6 Å². The van der Waals surface area contributed by atoms with Crippen molar-refractivity contribution in [3.63, 3.8) is 0 Å². The largest absolute Gasteiger partial charge is 0.394 e. The second-order valence-corrected chi connectivity index (χ2v) is 5.87. The van der Waals surface area contributed by atoms with E-state index in [0.29, 0.717) is 6.54 Å². The molecule has 1 fully saturated rings. The van der Waals surface area contributed by atoms with Crippen LogP contribution in [0.3, 0.4) is 0 Å². The monoisotopic (exact) mass is 310 g/mol. The van der Waals surface area contributed by atoms with Gasteiger partial charge in [0, 0.05) is 13.1 Å². The molecule has 2 amide bonds. The summed E-state index contributed by atoms with van der Waals surface area (Å²) in [5.74, 6) is 0. The van der Waals surface area contributed by atoms with Gasteiger partial charge in [-0.15, -0.1) is 0 Å². The highest BCUT2D eigenvalue weighted by Gasteiger charge is 2.30. The van der Waals surface area contributed by atoms with Crippen LogP contribution in [0.15, 0.2) is 54.6 Å². The number of aliphatic hydroxyl groups excluding tert-OH is 1. The highest BCUT2D eigenvalue weighted by Crippen LogP contribution is 2.20. The number of urea groups is 1. The van der Waals surface area contributed by atoms with Crippen molar-refractivity contribution < 1.29 is 9.90 Å². The van der Waals surface area contributed by atoms with Crippen LogP contribution >= 0.6 is 0 Å². The molecule has 0 radical (unpaired) electrons. The third-order valence-corrected chi connectivity index (χ3v) is 4.34. The third kappa shape index (κ3) is 3.71. The number of hydrogen-bond donors (Lipinski definition) is 2. The van der Waals surface area contributed by atoms with Crippen molar-refractivity contribution in [3.8, 4) is 11.1 Å². The number of nitrogens with one attached hydrogen (secondary N) is 1. The summed E-state index contributed by atoms with van der Waals surface area (Å²) >= 11 is 0. The Labute approximate surface area is 136 Å². The maximum absolute atomic E-state index is 12.0.